The number of hydrogen-bond donors (Lipinski definition) is 0. The monoisotopic (exact) mass is 269 g/mol. The van der Waals surface area contributed by atoms with Crippen LogP contribution in [-0.2, 0) is 22.4 Å². The van der Waals surface area contributed by atoms with Crippen LogP contribution in [0.25, 0.3) is 0 Å². The molecular formula is C13H16ClNO3. The first-order valence-corrected chi connectivity index (χ1v) is 6.36. The van der Waals surface area contributed by atoms with Crippen LogP contribution in [0.4, 0.5) is 0 Å². The molecule has 1 aromatic rings. The standard InChI is InChI=1S/C13H16ClNO3/c1-17-13(16)8-4-2-3-6-11-10-15-12(18-11)7-5-9-14/h10H,2-3,5-7,9H2,1H3. The van der Waals surface area contributed by atoms with Gasteiger partial charge in [0.1, 0.15) is 5.76 Å². The molecule has 0 aliphatic heterocycles. The first-order chi connectivity index (χ1) is 8.76. The maximum atomic E-state index is 10.7. The maximum absolute atomic E-state index is 10.7. The SMILES string of the molecule is COC(=O)C#CCCCc1cnc(CCCCl)o1. The van der Waals surface area contributed by atoms with Gasteiger partial charge in [-0.1, -0.05) is 5.92 Å². The van der Waals surface area contributed by atoms with Gasteiger partial charge in [0.25, 0.3) is 0 Å². The van der Waals surface area contributed by atoms with Crippen molar-refractivity contribution in [3.05, 3.63) is 17.8 Å². The van der Waals surface area contributed by atoms with Crippen LogP contribution in [0.5, 0.6) is 0 Å². The molecule has 98 valence electrons. The van der Waals surface area contributed by atoms with E-state index in [0.717, 1.165) is 37.3 Å². The first-order valence-electron chi connectivity index (χ1n) is 5.82. The van der Waals surface area contributed by atoms with Gasteiger partial charge in [-0.3, -0.25) is 0 Å². The van der Waals surface area contributed by atoms with Gasteiger partial charge in [-0.15, -0.1) is 11.6 Å². The van der Waals surface area contributed by atoms with Crippen molar-refractivity contribution in [1.29, 1.82) is 0 Å². The molecule has 1 heterocycles. The number of oxazole rings is 1. The Kier molecular flexibility index (Phi) is 6.97. The number of carbonyl (C=O) groups is 1. The molecule has 1 rings (SSSR count). The zero-order valence-electron chi connectivity index (χ0n) is 10.4. The highest BCUT2D eigenvalue weighted by atomic mass is 35.5. The molecule has 0 amide bonds. The Morgan fingerprint density at radius 3 is 3.06 bits per heavy atom. The van der Waals surface area contributed by atoms with Crippen LogP contribution in [0.15, 0.2) is 10.6 Å². The molecule has 0 aromatic carbocycles. The third kappa shape index (κ3) is 5.74. The Morgan fingerprint density at radius 2 is 2.33 bits per heavy atom. The fourth-order valence-electron chi connectivity index (χ4n) is 1.33. The molecule has 0 unspecified atom stereocenters. The molecule has 0 aliphatic rings. The van der Waals surface area contributed by atoms with Crippen molar-refractivity contribution in [2.75, 3.05) is 13.0 Å². The second kappa shape index (κ2) is 8.60. The summed E-state index contributed by atoms with van der Waals surface area (Å²) < 4.78 is 9.93. The molecule has 18 heavy (non-hydrogen) atoms. The van der Waals surface area contributed by atoms with E-state index in [1.165, 1.54) is 7.11 Å². The quantitative estimate of drug-likeness (QED) is 0.262. The number of methoxy groups -OCH3 is 1. The van der Waals surface area contributed by atoms with E-state index in [1.807, 2.05) is 0 Å². The number of rotatable bonds is 6. The highest BCUT2D eigenvalue weighted by Crippen LogP contribution is 2.09. The molecule has 0 aliphatic carbocycles. The maximum Gasteiger partial charge on any atom is 0.384 e. The number of nitrogens with zero attached hydrogens (tertiary/aromatic N) is 1. The summed E-state index contributed by atoms with van der Waals surface area (Å²) in [6.07, 6.45) is 5.60. The van der Waals surface area contributed by atoms with E-state index in [1.54, 1.807) is 6.20 Å². The highest BCUT2D eigenvalue weighted by Gasteiger charge is 2.02. The van der Waals surface area contributed by atoms with Crippen LogP contribution < -0.4 is 0 Å². The van der Waals surface area contributed by atoms with Gasteiger partial charge in [-0.2, -0.15) is 0 Å². The van der Waals surface area contributed by atoms with Gasteiger partial charge in [0.15, 0.2) is 5.89 Å². The van der Waals surface area contributed by atoms with Crippen molar-refractivity contribution in [2.45, 2.75) is 32.1 Å². The largest absolute Gasteiger partial charge is 0.459 e. The number of carbonyl (C=O) groups excluding carboxylic acids is 1. The number of unbranched alkanes of at least 4 members (excludes halogenated alkanes) is 1. The molecule has 0 saturated carbocycles. The number of ether oxygens (including phenoxy) is 1. The topological polar surface area (TPSA) is 52.3 Å². The summed E-state index contributed by atoms with van der Waals surface area (Å²) in [6.45, 7) is 0. The van der Waals surface area contributed by atoms with Gasteiger partial charge in [-0.25, -0.2) is 9.78 Å². The normalized spacial score (nSPS) is 9.67. The highest BCUT2D eigenvalue weighted by molar-refractivity contribution is 6.17. The lowest BCUT2D eigenvalue weighted by molar-refractivity contribution is -0.133. The van der Waals surface area contributed by atoms with E-state index in [9.17, 15) is 4.79 Å². The minimum Gasteiger partial charge on any atom is -0.459 e. The van der Waals surface area contributed by atoms with E-state index in [0.29, 0.717) is 12.3 Å². The molecular weight excluding hydrogens is 254 g/mol. The molecule has 1 aromatic heterocycles. The predicted octanol–water partition coefficient (Wildman–Crippen LogP) is 2.35. The summed E-state index contributed by atoms with van der Waals surface area (Å²) in [5.74, 6) is 6.81. The second-order valence-electron chi connectivity index (χ2n) is 3.66. The van der Waals surface area contributed by atoms with Crippen LogP contribution in [0.1, 0.15) is 30.9 Å². The zero-order valence-corrected chi connectivity index (χ0v) is 11.1. The Balaban J connectivity index is 2.24. The molecule has 0 fully saturated rings. The van der Waals surface area contributed by atoms with Gasteiger partial charge in [-0.05, 0) is 12.8 Å². The minimum atomic E-state index is -0.502. The van der Waals surface area contributed by atoms with Crippen molar-refractivity contribution >= 4 is 17.6 Å². The lowest BCUT2D eigenvalue weighted by atomic mass is 10.2. The lowest BCUT2D eigenvalue weighted by Gasteiger charge is -1.93. The summed E-state index contributed by atoms with van der Waals surface area (Å²) in [7, 11) is 1.31. The van der Waals surface area contributed by atoms with Crippen molar-refractivity contribution in [2.24, 2.45) is 0 Å². The van der Waals surface area contributed by atoms with Gasteiger partial charge < -0.3 is 9.15 Å². The van der Waals surface area contributed by atoms with Crippen LogP contribution in [0.3, 0.4) is 0 Å². The van der Waals surface area contributed by atoms with Crippen LogP contribution in [0, 0.1) is 11.8 Å². The molecule has 0 bridgehead atoms. The Hall–Kier alpha value is -1.47. The molecule has 0 saturated heterocycles. The Morgan fingerprint density at radius 1 is 1.50 bits per heavy atom. The number of alkyl halides is 1. The number of aryl methyl sites for hydroxylation is 2. The molecule has 0 spiro atoms. The second-order valence-corrected chi connectivity index (χ2v) is 4.04. The summed E-state index contributed by atoms with van der Waals surface area (Å²) >= 11 is 5.59. The number of esters is 1. The van der Waals surface area contributed by atoms with Crippen LogP contribution in [-0.4, -0.2) is 23.9 Å². The van der Waals surface area contributed by atoms with Crippen molar-refractivity contribution in [1.82, 2.24) is 4.98 Å². The Labute approximate surface area is 112 Å². The van der Waals surface area contributed by atoms with Gasteiger partial charge in [0.05, 0.1) is 13.3 Å². The fourth-order valence-corrected chi connectivity index (χ4v) is 1.47. The fraction of sp³-hybridized carbons (Fsp3) is 0.538. The smallest absolute Gasteiger partial charge is 0.384 e. The van der Waals surface area contributed by atoms with Crippen molar-refractivity contribution in [3.63, 3.8) is 0 Å². The summed E-state index contributed by atoms with van der Waals surface area (Å²) in [5.41, 5.74) is 0. The van der Waals surface area contributed by atoms with Crippen LogP contribution >= 0.6 is 11.6 Å². The van der Waals surface area contributed by atoms with Crippen LogP contribution in [0.2, 0.25) is 0 Å². The van der Waals surface area contributed by atoms with Gasteiger partial charge in [0, 0.05) is 31.1 Å². The van der Waals surface area contributed by atoms with E-state index >= 15 is 0 Å². The van der Waals surface area contributed by atoms with E-state index in [-0.39, 0.29) is 0 Å². The van der Waals surface area contributed by atoms with Crippen molar-refractivity contribution in [3.8, 4) is 11.8 Å². The molecule has 4 nitrogen and oxygen atoms in total. The first kappa shape index (κ1) is 14.6. The summed E-state index contributed by atoms with van der Waals surface area (Å²) in [6, 6.07) is 0. The molecule has 5 heteroatoms. The van der Waals surface area contributed by atoms with E-state index in [2.05, 4.69) is 21.6 Å². The molecule has 0 N–H and O–H groups in total. The third-order valence-corrected chi connectivity index (χ3v) is 2.49. The van der Waals surface area contributed by atoms with Gasteiger partial charge in [0.2, 0.25) is 0 Å². The summed E-state index contributed by atoms with van der Waals surface area (Å²) in [5, 5.41) is 0. The Bertz CT molecular complexity index is 431. The van der Waals surface area contributed by atoms with E-state index < -0.39 is 5.97 Å². The third-order valence-electron chi connectivity index (χ3n) is 2.23. The number of halogens is 1. The minimum absolute atomic E-state index is 0.502. The summed E-state index contributed by atoms with van der Waals surface area (Å²) in [4.78, 5) is 14.9. The predicted molar refractivity (Wildman–Crippen MR) is 68.3 cm³/mol. The lowest BCUT2D eigenvalue weighted by Crippen LogP contribution is -1.94. The van der Waals surface area contributed by atoms with Gasteiger partial charge >= 0.3 is 5.97 Å². The van der Waals surface area contributed by atoms with E-state index in [4.69, 9.17) is 16.0 Å². The number of aromatic nitrogens is 1. The molecule has 0 atom stereocenters. The average molecular weight is 270 g/mol. The number of hydrogen-bond acceptors (Lipinski definition) is 4. The molecule has 0 radical (unpaired) electrons. The zero-order chi connectivity index (χ0) is 13.2. The van der Waals surface area contributed by atoms with Crippen molar-refractivity contribution < 1.29 is 13.9 Å². The average Bonchev–Trinajstić information content (AvgIpc) is 2.83.